The number of fused-ring (bicyclic) bond motifs is 1. The first-order valence-electron chi connectivity index (χ1n) is 12.1. The summed E-state index contributed by atoms with van der Waals surface area (Å²) in [6.45, 7) is -0.866. The molecule has 0 amide bonds. The number of nitrogens with zero attached hydrogens (tertiary/aromatic N) is 2. The molecule has 0 saturated heterocycles. The molecule has 7 nitrogen and oxygen atoms in total. The summed E-state index contributed by atoms with van der Waals surface area (Å²) in [5.41, 5.74) is 2.98. The highest BCUT2D eigenvalue weighted by Crippen LogP contribution is 2.43. The number of halogens is 5. The number of hydrogen-bond donors (Lipinski definition) is 1. The van der Waals surface area contributed by atoms with Gasteiger partial charge in [0.2, 0.25) is 5.88 Å². The summed E-state index contributed by atoms with van der Waals surface area (Å²) < 4.78 is 69.5. The van der Waals surface area contributed by atoms with Gasteiger partial charge in [-0.05, 0) is 23.8 Å². The summed E-state index contributed by atoms with van der Waals surface area (Å²) in [4.78, 5) is 27.7. The molecular weight excluding hydrogens is 554 g/mol. The molecule has 0 spiro atoms. The van der Waals surface area contributed by atoms with Crippen molar-refractivity contribution in [3.05, 3.63) is 115 Å². The molecule has 2 N–H and O–H groups in total. The van der Waals surface area contributed by atoms with E-state index in [0.29, 0.717) is 5.56 Å². The van der Waals surface area contributed by atoms with Crippen LogP contribution < -0.4 is 26.5 Å². The van der Waals surface area contributed by atoms with Crippen LogP contribution in [0.5, 0.6) is 11.6 Å². The number of hydrogen-bond acceptors (Lipinski definition) is 5. The molecule has 1 aromatic heterocycles. The van der Waals surface area contributed by atoms with E-state index in [1.54, 1.807) is 42.5 Å². The van der Waals surface area contributed by atoms with Crippen LogP contribution in [0.1, 0.15) is 28.8 Å². The lowest BCUT2D eigenvalue weighted by atomic mass is 9.99. The van der Waals surface area contributed by atoms with E-state index in [4.69, 9.17) is 26.8 Å². The number of aromatic nitrogens is 2. The van der Waals surface area contributed by atoms with Gasteiger partial charge in [0.15, 0.2) is 0 Å². The minimum Gasteiger partial charge on any atom is -0.495 e. The van der Waals surface area contributed by atoms with Crippen molar-refractivity contribution >= 4 is 11.6 Å². The van der Waals surface area contributed by atoms with Gasteiger partial charge in [-0.25, -0.2) is 9.18 Å². The van der Waals surface area contributed by atoms with Crippen LogP contribution in [0.15, 0.2) is 76.3 Å². The number of benzene rings is 3. The quantitative estimate of drug-likeness (QED) is 0.320. The molecule has 0 fully saturated rings. The number of methoxy groups -OCH3 is 1. The Labute approximate surface area is 230 Å². The monoisotopic (exact) mass is 575 g/mol. The standard InChI is InChI=1S/C28H22ClF4N3O4/c1-39-21-12-5-9-16(24(21)29)22-25(37)35(13-19(34)15-7-3-2-4-8-15)27(38)36-20(14-40-26(22)36)23-17(28(31,32)33)10-6-11-18(23)30/h2-12,19-20H,13-14,34H2,1H3. The van der Waals surface area contributed by atoms with Gasteiger partial charge < -0.3 is 15.2 Å². The molecule has 2 atom stereocenters. The predicted molar refractivity (Wildman–Crippen MR) is 140 cm³/mol. The third-order valence-electron chi connectivity index (χ3n) is 6.77. The van der Waals surface area contributed by atoms with Crippen LogP contribution in [0.2, 0.25) is 5.02 Å². The molecule has 5 rings (SSSR count). The highest BCUT2D eigenvalue weighted by molar-refractivity contribution is 6.34. The number of rotatable bonds is 6. The Morgan fingerprint density at radius 2 is 1.77 bits per heavy atom. The first-order valence-corrected chi connectivity index (χ1v) is 12.4. The van der Waals surface area contributed by atoms with Crippen molar-refractivity contribution < 1.29 is 27.0 Å². The van der Waals surface area contributed by atoms with Gasteiger partial charge in [0.25, 0.3) is 5.56 Å². The maximum absolute atomic E-state index is 15.1. The zero-order chi connectivity index (χ0) is 28.8. The van der Waals surface area contributed by atoms with Crippen LogP contribution in [0, 0.1) is 5.82 Å². The van der Waals surface area contributed by atoms with Gasteiger partial charge in [-0.2, -0.15) is 13.2 Å². The molecule has 2 unspecified atom stereocenters. The number of alkyl halides is 3. The summed E-state index contributed by atoms with van der Waals surface area (Å²) in [5.74, 6) is -1.31. The Hall–Kier alpha value is -4.09. The smallest absolute Gasteiger partial charge is 0.416 e. The van der Waals surface area contributed by atoms with Crippen molar-refractivity contribution in [3.63, 3.8) is 0 Å². The van der Waals surface area contributed by atoms with E-state index in [2.05, 4.69) is 0 Å². The Morgan fingerprint density at radius 3 is 2.45 bits per heavy atom. The summed E-state index contributed by atoms with van der Waals surface area (Å²) in [6, 6.07) is 13.4. The van der Waals surface area contributed by atoms with Crippen LogP contribution in [-0.2, 0) is 12.7 Å². The average Bonchev–Trinajstić information content (AvgIpc) is 3.36. The number of nitrogens with two attached hydrogens (primary N) is 1. The zero-order valence-electron chi connectivity index (χ0n) is 20.9. The van der Waals surface area contributed by atoms with Gasteiger partial charge in [-0.15, -0.1) is 0 Å². The van der Waals surface area contributed by atoms with Crippen LogP contribution >= 0.6 is 11.6 Å². The molecule has 40 heavy (non-hydrogen) atoms. The highest BCUT2D eigenvalue weighted by Gasteiger charge is 2.42. The maximum atomic E-state index is 15.1. The Bertz CT molecular complexity index is 1700. The van der Waals surface area contributed by atoms with Gasteiger partial charge in [-0.3, -0.25) is 13.9 Å². The van der Waals surface area contributed by atoms with Crippen LogP contribution in [0.3, 0.4) is 0 Å². The molecule has 1 aliphatic heterocycles. The largest absolute Gasteiger partial charge is 0.495 e. The fraction of sp³-hybridized carbons (Fsp3) is 0.214. The first-order chi connectivity index (χ1) is 19.0. The molecular formula is C28H22ClF4N3O4. The minimum absolute atomic E-state index is 0.0105. The topological polar surface area (TPSA) is 88.5 Å². The minimum atomic E-state index is -4.92. The fourth-order valence-corrected chi connectivity index (χ4v) is 5.19. The SMILES string of the molecule is COc1cccc(-c2c3n(c(=O)n(CC(N)c4ccccc4)c2=O)C(c2c(F)cccc2C(F)(F)F)CO3)c1Cl. The Kier molecular flexibility index (Phi) is 7.19. The second-order valence-electron chi connectivity index (χ2n) is 9.11. The van der Waals surface area contributed by atoms with Crippen LogP contribution in [0.25, 0.3) is 11.1 Å². The second kappa shape index (κ2) is 10.5. The lowest BCUT2D eigenvalue weighted by molar-refractivity contribution is -0.138. The molecule has 4 aromatic rings. The lowest BCUT2D eigenvalue weighted by Gasteiger charge is -2.21. The lowest BCUT2D eigenvalue weighted by Crippen LogP contribution is -2.43. The van der Waals surface area contributed by atoms with Crippen molar-refractivity contribution in [2.45, 2.75) is 24.8 Å². The van der Waals surface area contributed by atoms with Gasteiger partial charge in [0.1, 0.15) is 29.8 Å². The highest BCUT2D eigenvalue weighted by atomic mass is 35.5. The van der Waals surface area contributed by atoms with E-state index >= 15 is 4.39 Å². The van der Waals surface area contributed by atoms with Crippen molar-refractivity contribution in [2.75, 3.05) is 13.7 Å². The third-order valence-corrected chi connectivity index (χ3v) is 7.16. The van der Waals surface area contributed by atoms with E-state index in [0.717, 1.165) is 27.3 Å². The first kappa shape index (κ1) is 27.5. The summed E-state index contributed by atoms with van der Waals surface area (Å²) in [5, 5.41) is 0.0105. The molecule has 0 radical (unpaired) electrons. The molecule has 2 heterocycles. The maximum Gasteiger partial charge on any atom is 0.416 e. The normalized spacial score (nSPS) is 15.4. The Balaban J connectivity index is 1.80. The Morgan fingerprint density at radius 1 is 1.07 bits per heavy atom. The van der Waals surface area contributed by atoms with Gasteiger partial charge in [0, 0.05) is 17.2 Å². The molecule has 208 valence electrons. The molecule has 1 aliphatic rings. The van der Waals surface area contributed by atoms with E-state index < -0.39 is 53.1 Å². The zero-order valence-corrected chi connectivity index (χ0v) is 21.7. The number of ether oxygens (including phenoxy) is 2. The molecule has 0 bridgehead atoms. The predicted octanol–water partition coefficient (Wildman–Crippen LogP) is 5.18. The van der Waals surface area contributed by atoms with Crippen molar-refractivity contribution in [2.24, 2.45) is 5.73 Å². The summed E-state index contributed by atoms with van der Waals surface area (Å²) >= 11 is 6.53. The van der Waals surface area contributed by atoms with Crippen molar-refractivity contribution in [1.29, 1.82) is 0 Å². The van der Waals surface area contributed by atoms with Gasteiger partial charge in [-0.1, -0.05) is 60.1 Å². The van der Waals surface area contributed by atoms with Crippen molar-refractivity contribution in [1.82, 2.24) is 9.13 Å². The van der Waals surface area contributed by atoms with E-state index in [1.807, 2.05) is 0 Å². The molecule has 0 saturated carbocycles. The van der Waals surface area contributed by atoms with E-state index in [9.17, 15) is 22.8 Å². The van der Waals surface area contributed by atoms with Gasteiger partial charge >= 0.3 is 11.9 Å². The third kappa shape index (κ3) is 4.65. The van der Waals surface area contributed by atoms with E-state index in [1.165, 1.54) is 13.2 Å². The van der Waals surface area contributed by atoms with Crippen LogP contribution in [0.4, 0.5) is 17.6 Å². The molecule has 0 aliphatic carbocycles. The van der Waals surface area contributed by atoms with Gasteiger partial charge in [0.05, 0.1) is 24.2 Å². The van der Waals surface area contributed by atoms with E-state index in [-0.39, 0.29) is 34.3 Å². The molecule has 3 aromatic carbocycles. The van der Waals surface area contributed by atoms with Crippen molar-refractivity contribution in [3.8, 4) is 22.8 Å². The fourth-order valence-electron chi connectivity index (χ4n) is 4.89. The molecule has 12 heteroatoms. The van der Waals surface area contributed by atoms with Crippen LogP contribution in [-0.4, -0.2) is 22.9 Å². The second-order valence-corrected chi connectivity index (χ2v) is 9.49. The summed E-state index contributed by atoms with van der Waals surface area (Å²) in [6.07, 6.45) is -4.92. The average molecular weight is 576 g/mol. The summed E-state index contributed by atoms with van der Waals surface area (Å²) in [7, 11) is 1.37.